The van der Waals surface area contributed by atoms with Gasteiger partial charge in [-0.15, -0.1) is 0 Å². The van der Waals surface area contributed by atoms with E-state index in [2.05, 4.69) is 26.6 Å². The maximum absolute atomic E-state index is 12.5. The van der Waals surface area contributed by atoms with Crippen LogP contribution in [-0.2, 0) is 4.74 Å². The van der Waals surface area contributed by atoms with Gasteiger partial charge in [-0.25, -0.2) is 9.78 Å². The SMILES string of the molecule is COc1cc(-n2c(C)ccc2C)ncc1N1CCN(C(=O)OC(C)(C)C)[C@@H](CO)C1. The number of hydrogen-bond acceptors (Lipinski definition) is 6. The molecule has 1 N–H and O–H groups in total. The molecule has 1 atom stereocenters. The van der Waals surface area contributed by atoms with Crippen molar-refractivity contribution in [1.82, 2.24) is 14.5 Å². The lowest BCUT2D eigenvalue weighted by Crippen LogP contribution is -2.57. The molecular formula is C22H32N4O4. The van der Waals surface area contributed by atoms with Crippen LogP contribution >= 0.6 is 0 Å². The lowest BCUT2D eigenvalue weighted by atomic mass is 10.1. The summed E-state index contributed by atoms with van der Waals surface area (Å²) < 4.78 is 13.2. The average Bonchev–Trinajstić information content (AvgIpc) is 3.03. The Labute approximate surface area is 178 Å². The van der Waals surface area contributed by atoms with Crippen molar-refractivity contribution in [3.8, 4) is 11.6 Å². The first kappa shape index (κ1) is 22.0. The van der Waals surface area contributed by atoms with Crippen molar-refractivity contribution in [2.45, 2.75) is 46.3 Å². The van der Waals surface area contributed by atoms with Gasteiger partial charge in [0.2, 0.25) is 0 Å². The van der Waals surface area contributed by atoms with Gasteiger partial charge < -0.3 is 24.0 Å². The molecule has 0 radical (unpaired) electrons. The van der Waals surface area contributed by atoms with E-state index >= 15 is 0 Å². The Bertz CT molecular complexity index is 884. The number of piperazine rings is 1. The van der Waals surface area contributed by atoms with Crippen molar-refractivity contribution >= 4 is 11.8 Å². The van der Waals surface area contributed by atoms with Gasteiger partial charge in [0.25, 0.3) is 0 Å². The Kier molecular flexibility index (Phi) is 6.26. The molecule has 1 aliphatic rings. The molecule has 3 rings (SSSR count). The maximum atomic E-state index is 12.5. The first-order valence-corrected chi connectivity index (χ1v) is 10.2. The van der Waals surface area contributed by atoms with Gasteiger partial charge in [-0.1, -0.05) is 0 Å². The fraction of sp³-hybridized carbons (Fsp3) is 0.545. The van der Waals surface area contributed by atoms with Gasteiger partial charge in [0.05, 0.1) is 31.6 Å². The minimum absolute atomic E-state index is 0.147. The summed E-state index contributed by atoms with van der Waals surface area (Å²) in [4.78, 5) is 20.9. The topological polar surface area (TPSA) is 80.1 Å². The number of aromatic nitrogens is 2. The first-order chi connectivity index (χ1) is 14.1. The van der Waals surface area contributed by atoms with Crippen LogP contribution in [0.3, 0.4) is 0 Å². The molecule has 8 nitrogen and oxygen atoms in total. The van der Waals surface area contributed by atoms with E-state index in [1.807, 2.05) is 40.7 Å². The highest BCUT2D eigenvalue weighted by Crippen LogP contribution is 2.32. The summed E-state index contributed by atoms with van der Waals surface area (Å²) in [6, 6.07) is 5.66. The zero-order valence-electron chi connectivity index (χ0n) is 18.7. The molecule has 2 aromatic heterocycles. The highest BCUT2D eigenvalue weighted by atomic mass is 16.6. The van der Waals surface area contributed by atoms with Crippen LogP contribution in [0.2, 0.25) is 0 Å². The fourth-order valence-electron chi connectivity index (χ4n) is 3.76. The van der Waals surface area contributed by atoms with Gasteiger partial charge in [-0.2, -0.15) is 0 Å². The largest absolute Gasteiger partial charge is 0.494 e. The van der Waals surface area contributed by atoms with E-state index in [1.165, 1.54) is 0 Å². The average molecular weight is 417 g/mol. The second-order valence-corrected chi connectivity index (χ2v) is 8.62. The number of carbonyl (C=O) groups excluding carboxylic acids is 1. The van der Waals surface area contributed by atoms with Crippen LogP contribution in [-0.4, -0.2) is 70.6 Å². The van der Waals surface area contributed by atoms with E-state index in [0.717, 1.165) is 22.9 Å². The van der Waals surface area contributed by atoms with E-state index in [-0.39, 0.29) is 12.6 Å². The summed E-state index contributed by atoms with van der Waals surface area (Å²) in [5, 5.41) is 9.90. The quantitative estimate of drug-likeness (QED) is 0.826. The summed E-state index contributed by atoms with van der Waals surface area (Å²) in [7, 11) is 1.64. The molecule has 0 aliphatic carbocycles. The lowest BCUT2D eigenvalue weighted by molar-refractivity contribution is 0.00702. The van der Waals surface area contributed by atoms with Crippen molar-refractivity contribution in [1.29, 1.82) is 0 Å². The van der Waals surface area contributed by atoms with Crippen LogP contribution in [0.15, 0.2) is 24.4 Å². The molecule has 0 spiro atoms. The van der Waals surface area contributed by atoms with E-state index in [9.17, 15) is 9.90 Å². The number of amides is 1. The minimum Gasteiger partial charge on any atom is -0.494 e. The van der Waals surface area contributed by atoms with Crippen LogP contribution in [0.25, 0.3) is 5.82 Å². The van der Waals surface area contributed by atoms with Crippen molar-refractivity contribution in [3.63, 3.8) is 0 Å². The molecule has 30 heavy (non-hydrogen) atoms. The first-order valence-electron chi connectivity index (χ1n) is 10.2. The van der Waals surface area contributed by atoms with Gasteiger partial charge >= 0.3 is 6.09 Å². The van der Waals surface area contributed by atoms with Crippen LogP contribution in [0.5, 0.6) is 5.75 Å². The molecule has 0 bridgehead atoms. The molecule has 1 saturated heterocycles. The van der Waals surface area contributed by atoms with Crippen molar-refractivity contribution in [2.75, 3.05) is 38.3 Å². The van der Waals surface area contributed by atoms with Crippen molar-refractivity contribution in [3.05, 3.63) is 35.8 Å². The van der Waals surface area contributed by atoms with Crippen LogP contribution < -0.4 is 9.64 Å². The highest BCUT2D eigenvalue weighted by Gasteiger charge is 2.34. The molecule has 3 heterocycles. The predicted molar refractivity (Wildman–Crippen MR) is 116 cm³/mol. The number of aliphatic hydroxyl groups is 1. The molecule has 0 saturated carbocycles. The normalized spacial score (nSPS) is 17.2. The number of pyridine rings is 1. The van der Waals surface area contributed by atoms with Gasteiger partial charge in [0.15, 0.2) is 0 Å². The number of aryl methyl sites for hydroxylation is 2. The Balaban J connectivity index is 1.82. The number of hydrogen-bond donors (Lipinski definition) is 1. The Hall–Kier alpha value is -2.74. The summed E-state index contributed by atoms with van der Waals surface area (Å²) in [6.07, 6.45) is 1.39. The molecule has 2 aromatic rings. The number of aliphatic hydroxyl groups excluding tert-OH is 1. The molecule has 1 amide bonds. The third-order valence-electron chi connectivity index (χ3n) is 5.21. The number of rotatable bonds is 4. The minimum atomic E-state index is -0.577. The van der Waals surface area contributed by atoms with Gasteiger partial charge in [-0.3, -0.25) is 4.90 Å². The molecular weight excluding hydrogens is 384 g/mol. The van der Waals surface area contributed by atoms with E-state index in [0.29, 0.717) is 25.4 Å². The maximum Gasteiger partial charge on any atom is 0.410 e. The number of methoxy groups -OCH3 is 1. The van der Waals surface area contributed by atoms with E-state index in [4.69, 9.17) is 9.47 Å². The van der Waals surface area contributed by atoms with Gasteiger partial charge in [-0.05, 0) is 46.8 Å². The Morgan fingerprint density at radius 1 is 1.23 bits per heavy atom. The second kappa shape index (κ2) is 8.55. The van der Waals surface area contributed by atoms with Crippen molar-refractivity contribution in [2.24, 2.45) is 0 Å². The molecule has 0 unspecified atom stereocenters. The van der Waals surface area contributed by atoms with E-state index < -0.39 is 11.7 Å². The number of nitrogens with zero attached hydrogens (tertiary/aromatic N) is 4. The highest BCUT2D eigenvalue weighted by molar-refractivity contribution is 5.69. The summed E-state index contributed by atoms with van der Waals surface area (Å²) in [5.74, 6) is 1.50. The Morgan fingerprint density at radius 3 is 2.47 bits per heavy atom. The molecule has 164 valence electrons. The number of anilines is 1. The predicted octanol–water partition coefficient (Wildman–Crippen LogP) is 2.92. The second-order valence-electron chi connectivity index (χ2n) is 8.62. The number of carbonyl (C=O) groups is 1. The summed E-state index contributed by atoms with van der Waals surface area (Å²) in [6.45, 7) is 10.9. The zero-order valence-corrected chi connectivity index (χ0v) is 18.7. The molecule has 8 heteroatoms. The Morgan fingerprint density at radius 2 is 1.90 bits per heavy atom. The monoisotopic (exact) mass is 416 g/mol. The third kappa shape index (κ3) is 4.53. The molecule has 1 aliphatic heterocycles. The van der Waals surface area contributed by atoms with Crippen LogP contribution in [0.4, 0.5) is 10.5 Å². The summed E-state index contributed by atoms with van der Waals surface area (Å²) in [5.41, 5.74) is 2.46. The number of ether oxygens (including phenoxy) is 2. The fourth-order valence-corrected chi connectivity index (χ4v) is 3.76. The smallest absolute Gasteiger partial charge is 0.410 e. The van der Waals surface area contributed by atoms with Gasteiger partial charge in [0, 0.05) is 37.1 Å². The van der Waals surface area contributed by atoms with Gasteiger partial charge in [0.1, 0.15) is 17.2 Å². The summed E-state index contributed by atoms with van der Waals surface area (Å²) >= 11 is 0. The third-order valence-corrected chi connectivity index (χ3v) is 5.21. The standard InChI is InChI=1S/C22H32N4O4/c1-15-7-8-16(2)26(15)20-11-19(29-6)18(12-23-20)24-9-10-25(17(13-24)14-27)21(28)30-22(3,4)5/h7-8,11-12,17,27H,9-10,13-14H2,1-6H3/t17-/m1/s1. The van der Waals surface area contributed by atoms with Crippen LogP contribution in [0, 0.1) is 13.8 Å². The lowest BCUT2D eigenvalue weighted by Gasteiger charge is -2.42. The molecule has 0 aromatic carbocycles. The van der Waals surface area contributed by atoms with E-state index in [1.54, 1.807) is 18.2 Å². The zero-order chi connectivity index (χ0) is 22.1. The molecule has 1 fully saturated rings. The van der Waals surface area contributed by atoms with Crippen molar-refractivity contribution < 1.29 is 19.4 Å². The van der Waals surface area contributed by atoms with Crippen LogP contribution in [0.1, 0.15) is 32.2 Å².